The Labute approximate surface area is 136 Å². The molecule has 0 amide bonds. The normalized spacial score (nSPS) is 26.9. The predicted octanol–water partition coefficient (Wildman–Crippen LogP) is 6.22. The van der Waals surface area contributed by atoms with Crippen molar-refractivity contribution in [2.24, 2.45) is 17.3 Å². The van der Waals surface area contributed by atoms with Crippen molar-refractivity contribution in [2.45, 2.75) is 72.6 Å². The molecule has 0 aromatic heterocycles. The van der Waals surface area contributed by atoms with Crippen molar-refractivity contribution in [1.82, 2.24) is 0 Å². The molecule has 21 heavy (non-hydrogen) atoms. The molecule has 0 radical (unpaired) electrons. The minimum atomic E-state index is 0.275. The highest BCUT2D eigenvalue weighted by atomic mass is 35.5. The SMILES string of the molecule is Cc1cc(C)c(CC(C)(C)C2CCC(C)CC2Cl)c(C)c1. The molecule has 1 aliphatic carbocycles. The molecule has 2 rings (SSSR count). The lowest BCUT2D eigenvalue weighted by Crippen LogP contribution is -2.37. The van der Waals surface area contributed by atoms with Crippen LogP contribution in [0.4, 0.5) is 0 Å². The van der Waals surface area contributed by atoms with Gasteiger partial charge in [0.05, 0.1) is 0 Å². The van der Waals surface area contributed by atoms with Crippen molar-refractivity contribution in [2.75, 3.05) is 0 Å². The van der Waals surface area contributed by atoms with Crippen molar-refractivity contribution in [3.8, 4) is 0 Å². The maximum absolute atomic E-state index is 6.73. The van der Waals surface area contributed by atoms with E-state index in [1.807, 2.05) is 0 Å². The minimum Gasteiger partial charge on any atom is -0.123 e. The van der Waals surface area contributed by atoms with Crippen molar-refractivity contribution in [3.63, 3.8) is 0 Å². The summed E-state index contributed by atoms with van der Waals surface area (Å²) < 4.78 is 0. The molecule has 0 heterocycles. The molecule has 0 aliphatic heterocycles. The zero-order valence-corrected chi connectivity index (χ0v) is 15.3. The molecule has 1 aromatic carbocycles. The van der Waals surface area contributed by atoms with Crippen molar-refractivity contribution in [1.29, 1.82) is 0 Å². The molecule has 0 nitrogen and oxygen atoms in total. The number of benzene rings is 1. The van der Waals surface area contributed by atoms with Crippen molar-refractivity contribution < 1.29 is 0 Å². The number of aryl methyl sites for hydroxylation is 3. The standard InChI is InChI=1S/C20H31Cl/c1-13-7-8-18(19(21)11-13)20(5,6)12-17-15(3)9-14(2)10-16(17)4/h9-10,13,18-19H,7-8,11-12H2,1-6H3. The van der Waals surface area contributed by atoms with Crippen LogP contribution < -0.4 is 0 Å². The second-order valence-corrected chi connectivity index (χ2v) is 8.64. The number of halogens is 1. The van der Waals surface area contributed by atoms with Crippen LogP contribution in [0.1, 0.15) is 62.3 Å². The van der Waals surface area contributed by atoms with Crippen LogP contribution in [0.5, 0.6) is 0 Å². The predicted molar refractivity (Wildman–Crippen MR) is 94.3 cm³/mol. The molecule has 0 N–H and O–H groups in total. The largest absolute Gasteiger partial charge is 0.123 e. The van der Waals surface area contributed by atoms with Gasteiger partial charge in [0.15, 0.2) is 0 Å². The van der Waals surface area contributed by atoms with Gasteiger partial charge in [-0.1, -0.05) is 44.9 Å². The molecule has 0 spiro atoms. The number of rotatable bonds is 3. The van der Waals surface area contributed by atoms with Gasteiger partial charge in [0.1, 0.15) is 0 Å². The third kappa shape index (κ3) is 3.83. The van der Waals surface area contributed by atoms with Crippen LogP contribution in [-0.2, 0) is 6.42 Å². The maximum Gasteiger partial charge on any atom is 0.0372 e. The van der Waals surface area contributed by atoms with Crippen LogP contribution in [0.3, 0.4) is 0 Å². The Morgan fingerprint density at radius 2 is 1.67 bits per heavy atom. The van der Waals surface area contributed by atoms with Gasteiger partial charge in [0, 0.05) is 5.38 Å². The highest BCUT2D eigenvalue weighted by Gasteiger charge is 2.38. The zero-order chi connectivity index (χ0) is 15.8. The van der Waals surface area contributed by atoms with Gasteiger partial charge in [-0.15, -0.1) is 11.6 Å². The summed E-state index contributed by atoms with van der Waals surface area (Å²) in [5.74, 6) is 1.43. The molecule has 0 bridgehead atoms. The van der Waals surface area contributed by atoms with Crippen LogP contribution in [0.15, 0.2) is 12.1 Å². The first-order valence-electron chi connectivity index (χ1n) is 8.41. The average molecular weight is 307 g/mol. The number of alkyl halides is 1. The van der Waals surface area contributed by atoms with Gasteiger partial charge >= 0.3 is 0 Å². The Kier molecular flexibility index (Phi) is 5.08. The first-order valence-corrected chi connectivity index (χ1v) is 8.85. The molecule has 1 aliphatic rings. The Hall–Kier alpha value is -0.490. The van der Waals surface area contributed by atoms with E-state index in [4.69, 9.17) is 11.6 Å². The van der Waals surface area contributed by atoms with Gasteiger partial charge in [-0.3, -0.25) is 0 Å². The van der Waals surface area contributed by atoms with E-state index in [2.05, 4.69) is 53.7 Å². The molecule has 1 saturated carbocycles. The lowest BCUT2D eigenvalue weighted by Gasteiger charge is -2.42. The smallest absolute Gasteiger partial charge is 0.0372 e. The third-order valence-electron chi connectivity index (χ3n) is 5.51. The van der Waals surface area contributed by atoms with Crippen molar-refractivity contribution >= 4 is 11.6 Å². The second-order valence-electron chi connectivity index (χ2n) is 8.08. The monoisotopic (exact) mass is 306 g/mol. The van der Waals surface area contributed by atoms with Gasteiger partial charge < -0.3 is 0 Å². The summed E-state index contributed by atoms with van der Waals surface area (Å²) in [4.78, 5) is 0. The Morgan fingerprint density at radius 3 is 2.19 bits per heavy atom. The molecule has 1 fully saturated rings. The van der Waals surface area contributed by atoms with Gasteiger partial charge in [0.2, 0.25) is 0 Å². The van der Waals surface area contributed by atoms with E-state index in [1.54, 1.807) is 0 Å². The van der Waals surface area contributed by atoms with Gasteiger partial charge in [-0.2, -0.15) is 0 Å². The summed E-state index contributed by atoms with van der Waals surface area (Å²) in [7, 11) is 0. The molecule has 3 atom stereocenters. The van der Waals surface area contributed by atoms with E-state index in [-0.39, 0.29) is 5.41 Å². The van der Waals surface area contributed by atoms with E-state index in [1.165, 1.54) is 41.5 Å². The first-order chi connectivity index (χ1) is 9.70. The lowest BCUT2D eigenvalue weighted by atomic mass is 9.66. The van der Waals surface area contributed by atoms with Gasteiger partial charge in [-0.25, -0.2) is 0 Å². The molecular formula is C20H31Cl. The van der Waals surface area contributed by atoms with Crippen LogP contribution in [-0.4, -0.2) is 5.38 Å². The first kappa shape index (κ1) is 16.9. The molecule has 1 aromatic rings. The fourth-order valence-corrected chi connectivity index (χ4v) is 5.04. The van der Waals surface area contributed by atoms with E-state index in [0.717, 1.165) is 12.3 Å². The minimum absolute atomic E-state index is 0.275. The number of hydrogen-bond donors (Lipinski definition) is 0. The third-order valence-corrected chi connectivity index (χ3v) is 5.99. The number of hydrogen-bond acceptors (Lipinski definition) is 0. The Bertz CT molecular complexity index is 478. The topological polar surface area (TPSA) is 0 Å². The molecule has 118 valence electrons. The summed E-state index contributed by atoms with van der Waals surface area (Å²) in [6, 6.07) is 4.64. The summed E-state index contributed by atoms with van der Waals surface area (Å²) in [5, 5.41) is 0.342. The van der Waals surface area contributed by atoms with E-state index in [0.29, 0.717) is 11.3 Å². The highest BCUT2D eigenvalue weighted by Crippen LogP contribution is 2.45. The molecule has 1 heteroatoms. The van der Waals surface area contributed by atoms with Gasteiger partial charge in [-0.05, 0) is 74.0 Å². The van der Waals surface area contributed by atoms with Crippen LogP contribution in [0.25, 0.3) is 0 Å². The second kappa shape index (κ2) is 6.32. The summed E-state index contributed by atoms with van der Waals surface area (Å²) in [6.07, 6.45) is 4.95. The van der Waals surface area contributed by atoms with E-state index < -0.39 is 0 Å². The summed E-state index contributed by atoms with van der Waals surface area (Å²) in [6.45, 7) is 13.9. The molecular weight excluding hydrogens is 276 g/mol. The summed E-state index contributed by atoms with van der Waals surface area (Å²) >= 11 is 6.73. The van der Waals surface area contributed by atoms with E-state index in [9.17, 15) is 0 Å². The van der Waals surface area contributed by atoms with Crippen LogP contribution >= 0.6 is 11.6 Å². The maximum atomic E-state index is 6.73. The Balaban J connectivity index is 2.21. The van der Waals surface area contributed by atoms with Gasteiger partial charge in [0.25, 0.3) is 0 Å². The summed E-state index contributed by atoms with van der Waals surface area (Å²) in [5.41, 5.74) is 6.06. The fraction of sp³-hybridized carbons (Fsp3) is 0.700. The quantitative estimate of drug-likeness (QED) is 0.581. The lowest BCUT2D eigenvalue weighted by molar-refractivity contribution is 0.141. The van der Waals surface area contributed by atoms with Crippen LogP contribution in [0, 0.1) is 38.0 Å². The van der Waals surface area contributed by atoms with Crippen molar-refractivity contribution in [3.05, 3.63) is 34.4 Å². The molecule has 3 unspecified atom stereocenters. The fourth-order valence-electron chi connectivity index (χ4n) is 4.27. The average Bonchev–Trinajstić information content (AvgIpc) is 2.33. The van der Waals surface area contributed by atoms with E-state index >= 15 is 0 Å². The molecule has 0 saturated heterocycles. The Morgan fingerprint density at radius 1 is 1.10 bits per heavy atom. The zero-order valence-electron chi connectivity index (χ0n) is 14.6. The van der Waals surface area contributed by atoms with Crippen LogP contribution in [0.2, 0.25) is 0 Å². The highest BCUT2D eigenvalue weighted by molar-refractivity contribution is 6.20.